The lowest BCUT2D eigenvalue weighted by atomic mass is 10.1. The van der Waals surface area contributed by atoms with Gasteiger partial charge in [-0.25, -0.2) is 4.98 Å². The molecule has 1 fully saturated rings. The zero-order chi connectivity index (χ0) is 20.2. The number of carbonyl (C=O) groups excluding carboxylic acids is 2. The highest BCUT2D eigenvalue weighted by Crippen LogP contribution is 2.18. The molecule has 1 aromatic heterocycles. The SMILES string of the molecule is CC(NC(=O)c1cccc(CN2CCCC2=O)c1)c1ccc(-n2ccnc2)cc1. The molecular weight excluding hydrogens is 364 g/mol. The Kier molecular flexibility index (Phi) is 5.42. The molecule has 1 unspecified atom stereocenters. The van der Waals surface area contributed by atoms with E-state index < -0.39 is 0 Å². The summed E-state index contributed by atoms with van der Waals surface area (Å²) in [5, 5.41) is 3.06. The largest absolute Gasteiger partial charge is 0.346 e. The summed E-state index contributed by atoms with van der Waals surface area (Å²) in [6, 6.07) is 15.4. The van der Waals surface area contributed by atoms with Gasteiger partial charge in [0, 0.05) is 43.2 Å². The van der Waals surface area contributed by atoms with E-state index in [9.17, 15) is 9.59 Å². The van der Waals surface area contributed by atoms with Crippen LogP contribution >= 0.6 is 0 Å². The number of nitrogens with zero attached hydrogens (tertiary/aromatic N) is 3. The Morgan fingerprint density at radius 1 is 1.21 bits per heavy atom. The molecule has 4 rings (SSSR count). The lowest BCUT2D eigenvalue weighted by Crippen LogP contribution is -2.27. The molecule has 2 amide bonds. The Balaban J connectivity index is 1.40. The van der Waals surface area contributed by atoms with Gasteiger partial charge in [0.2, 0.25) is 5.91 Å². The summed E-state index contributed by atoms with van der Waals surface area (Å²) < 4.78 is 1.93. The van der Waals surface area contributed by atoms with Crippen LogP contribution in [0.1, 0.15) is 47.3 Å². The van der Waals surface area contributed by atoms with Crippen molar-refractivity contribution in [3.8, 4) is 5.69 Å². The summed E-state index contributed by atoms with van der Waals surface area (Å²) in [5.41, 5.74) is 3.64. The second-order valence-electron chi connectivity index (χ2n) is 7.38. The Hall–Kier alpha value is -3.41. The first-order chi connectivity index (χ1) is 14.1. The zero-order valence-electron chi connectivity index (χ0n) is 16.4. The fourth-order valence-corrected chi connectivity index (χ4v) is 3.61. The standard InChI is InChI=1S/C23H24N4O2/c1-17(19-7-9-21(10-8-19)27-13-11-24-16-27)25-23(29)20-5-2-4-18(14-20)15-26-12-3-6-22(26)28/h2,4-5,7-11,13-14,16-17H,3,6,12,15H2,1H3,(H,25,29). The highest BCUT2D eigenvalue weighted by atomic mass is 16.2. The van der Waals surface area contributed by atoms with Gasteiger partial charge < -0.3 is 14.8 Å². The van der Waals surface area contributed by atoms with Crippen LogP contribution in [0.4, 0.5) is 0 Å². The number of imidazole rings is 1. The van der Waals surface area contributed by atoms with E-state index in [1.54, 1.807) is 18.6 Å². The normalized spacial score (nSPS) is 14.8. The predicted molar refractivity (Wildman–Crippen MR) is 111 cm³/mol. The molecule has 29 heavy (non-hydrogen) atoms. The van der Waals surface area contributed by atoms with Crippen LogP contribution in [0.3, 0.4) is 0 Å². The smallest absolute Gasteiger partial charge is 0.251 e. The first-order valence-electron chi connectivity index (χ1n) is 9.86. The van der Waals surface area contributed by atoms with E-state index in [1.165, 1.54) is 0 Å². The molecule has 1 aliphatic heterocycles. The van der Waals surface area contributed by atoms with Gasteiger partial charge >= 0.3 is 0 Å². The van der Waals surface area contributed by atoms with E-state index in [4.69, 9.17) is 0 Å². The molecule has 1 atom stereocenters. The summed E-state index contributed by atoms with van der Waals surface area (Å²) in [5.74, 6) is 0.0680. The molecule has 0 bridgehead atoms. The molecule has 0 aliphatic carbocycles. The van der Waals surface area contributed by atoms with Gasteiger partial charge in [-0.3, -0.25) is 9.59 Å². The van der Waals surface area contributed by atoms with Crippen LogP contribution < -0.4 is 5.32 Å². The van der Waals surface area contributed by atoms with Gasteiger partial charge in [0.1, 0.15) is 0 Å². The Morgan fingerprint density at radius 2 is 2.03 bits per heavy atom. The van der Waals surface area contributed by atoms with E-state index in [-0.39, 0.29) is 17.9 Å². The van der Waals surface area contributed by atoms with Crippen molar-refractivity contribution in [1.82, 2.24) is 19.8 Å². The van der Waals surface area contributed by atoms with Crippen molar-refractivity contribution in [3.63, 3.8) is 0 Å². The van der Waals surface area contributed by atoms with Gasteiger partial charge in [-0.2, -0.15) is 0 Å². The molecule has 0 saturated carbocycles. The Bertz CT molecular complexity index is 996. The third-order valence-corrected chi connectivity index (χ3v) is 5.28. The number of amides is 2. The van der Waals surface area contributed by atoms with Crippen LogP contribution in [0.2, 0.25) is 0 Å². The Morgan fingerprint density at radius 3 is 2.72 bits per heavy atom. The van der Waals surface area contributed by atoms with E-state index in [0.717, 1.165) is 29.8 Å². The summed E-state index contributed by atoms with van der Waals surface area (Å²) in [7, 11) is 0. The van der Waals surface area contributed by atoms with Gasteiger partial charge in [0.05, 0.1) is 12.4 Å². The maximum atomic E-state index is 12.7. The van der Waals surface area contributed by atoms with Crippen molar-refractivity contribution < 1.29 is 9.59 Å². The molecule has 1 N–H and O–H groups in total. The first-order valence-corrected chi connectivity index (χ1v) is 9.86. The van der Waals surface area contributed by atoms with Crippen molar-refractivity contribution in [2.45, 2.75) is 32.4 Å². The molecule has 2 aromatic carbocycles. The lowest BCUT2D eigenvalue weighted by Gasteiger charge is -2.17. The minimum atomic E-state index is -0.122. The molecule has 1 saturated heterocycles. The summed E-state index contributed by atoms with van der Waals surface area (Å²) in [6.45, 7) is 3.32. The Labute approximate surface area is 170 Å². The van der Waals surface area contributed by atoms with Gasteiger partial charge in [-0.1, -0.05) is 24.3 Å². The van der Waals surface area contributed by atoms with Gasteiger partial charge in [-0.15, -0.1) is 0 Å². The minimum absolute atomic E-state index is 0.120. The highest BCUT2D eigenvalue weighted by Gasteiger charge is 2.20. The van der Waals surface area contributed by atoms with Crippen molar-refractivity contribution in [3.05, 3.63) is 83.9 Å². The number of hydrogen-bond acceptors (Lipinski definition) is 3. The molecular formula is C23H24N4O2. The summed E-state index contributed by atoms with van der Waals surface area (Å²) in [6.07, 6.45) is 6.92. The van der Waals surface area contributed by atoms with Crippen LogP contribution in [0.15, 0.2) is 67.3 Å². The van der Waals surface area contributed by atoms with Crippen molar-refractivity contribution >= 4 is 11.8 Å². The third kappa shape index (κ3) is 4.37. The quantitative estimate of drug-likeness (QED) is 0.703. The second kappa shape index (κ2) is 8.31. The number of benzene rings is 2. The van der Waals surface area contributed by atoms with Crippen LogP contribution in [0.25, 0.3) is 5.69 Å². The molecule has 0 spiro atoms. The van der Waals surface area contributed by atoms with Gasteiger partial charge in [0.25, 0.3) is 5.91 Å². The van der Waals surface area contributed by atoms with Crippen LogP contribution in [-0.4, -0.2) is 32.8 Å². The molecule has 6 nitrogen and oxygen atoms in total. The first kappa shape index (κ1) is 18.9. The molecule has 148 valence electrons. The van der Waals surface area contributed by atoms with E-state index >= 15 is 0 Å². The van der Waals surface area contributed by atoms with Crippen LogP contribution in [0.5, 0.6) is 0 Å². The number of rotatable bonds is 6. The van der Waals surface area contributed by atoms with Crippen molar-refractivity contribution in [2.75, 3.05) is 6.54 Å². The predicted octanol–water partition coefficient (Wildman–Crippen LogP) is 3.49. The maximum Gasteiger partial charge on any atom is 0.251 e. The number of aromatic nitrogens is 2. The molecule has 6 heteroatoms. The average molecular weight is 388 g/mol. The summed E-state index contributed by atoms with van der Waals surface area (Å²) >= 11 is 0. The van der Waals surface area contributed by atoms with Crippen LogP contribution in [0, 0.1) is 0 Å². The van der Waals surface area contributed by atoms with Crippen molar-refractivity contribution in [1.29, 1.82) is 0 Å². The number of nitrogens with one attached hydrogen (secondary N) is 1. The molecule has 1 aliphatic rings. The third-order valence-electron chi connectivity index (χ3n) is 5.28. The lowest BCUT2D eigenvalue weighted by molar-refractivity contribution is -0.128. The van der Waals surface area contributed by atoms with E-state index in [2.05, 4.69) is 10.3 Å². The monoisotopic (exact) mass is 388 g/mol. The number of likely N-dealkylation sites (tertiary alicyclic amines) is 1. The topological polar surface area (TPSA) is 67.2 Å². The van der Waals surface area contributed by atoms with Gasteiger partial charge in [0.15, 0.2) is 0 Å². The summed E-state index contributed by atoms with van der Waals surface area (Å²) in [4.78, 5) is 30.5. The van der Waals surface area contributed by atoms with Crippen LogP contribution in [-0.2, 0) is 11.3 Å². The average Bonchev–Trinajstić information content (AvgIpc) is 3.41. The maximum absolute atomic E-state index is 12.7. The number of carbonyl (C=O) groups is 2. The van der Waals surface area contributed by atoms with E-state index in [0.29, 0.717) is 18.5 Å². The molecule has 0 radical (unpaired) electrons. The zero-order valence-corrected chi connectivity index (χ0v) is 16.4. The second-order valence-corrected chi connectivity index (χ2v) is 7.38. The molecule has 3 aromatic rings. The van der Waals surface area contributed by atoms with Gasteiger partial charge in [-0.05, 0) is 48.7 Å². The minimum Gasteiger partial charge on any atom is -0.346 e. The highest BCUT2D eigenvalue weighted by molar-refractivity contribution is 5.94. The van der Waals surface area contributed by atoms with E-state index in [1.807, 2.05) is 65.1 Å². The van der Waals surface area contributed by atoms with Crippen molar-refractivity contribution in [2.24, 2.45) is 0 Å². The molecule has 2 heterocycles. The fraction of sp³-hybridized carbons (Fsp3) is 0.261. The number of hydrogen-bond donors (Lipinski definition) is 1. The fourth-order valence-electron chi connectivity index (χ4n) is 3.61.